The van der Waals surface area contributed by atoms with Crippen LogP contribution >= 0.6 is 0 Å². The molecule has 134 valence electrons. The number of nitrogens with one attached hydrogen (secondary N) is 2. The smallest absolute Gasteiger partial charge is 0.306 e. The molecule has 0 radical (unpaired) electrons. The zero-order valence-electron chi connectivity index (χ0n) is 15.1. The predicted octanol–water partition coefficient (Wildman–Crippen LogP) is 3.74. The van der Waals surface area contributed by atoms with Gasteiger partial charge in [-0.25, -0.2) is 4.98 Å². The predicted molar refractivity (Wildman–Crippen MR) is 101 cm³/mol. The molecule has 2 aromatic carbocycles. The van der Waals surface area contributed by atoms with Gasteiger partial charge in [-0.05, 0) is 61.4 Å². The van der Waals surface area contributed by atoms with Gasteiger partial charge >= 0.3 is 5.97 Å². The second kappa shape index (κ2) is 7.39. The summed E-state index contributed by atoms with van der Waals surface area (Å²) in [6.45, 7) is 4.15. The van der Waals surface area contributed by atoms with E-state index in [1.54, 1.807) is 0 Å². The topological polar surface area (TPSA) is 84.1 Å². The fourth-order valence-corrected chi connectivity index (χ4v) is 2.66. The maximum atomic E-state index is 11.8. The lowest BCUT2D eigenvalue weighted by Gasteiger charge is -2.05. The van der Waals surface area contributed by atoms with E-state index < -0.39 is 5.97 Å². The lowest BCUT2D eigenvalue weighted by Crippen LogP contribution is -2.13. The number of benzene rings is 2. The van der Waals surface area contributed by atoms with Crippen LogP contribution in [0.5, 0.6) is 0 Å². The van der Waals surface area contributed by atoms with Gasteiger partial charge in [0.15, 0.2) is 0 Å². The van der Waals surface area contributed by atoms with Gasteiger partial charge in [0.1, 0.15) is 5.82 Å². The Morgan fingerprint density at radius 1 is 1.08 bits per heavy atom. The van der Waals surface area contributed by atoms with Crippen molar-refractivity contribution in [2.24, 2.45) is 0 Å². The van der Waals surface area contributed by atoms with Crippen molar-refractivity contribution in [2.45, 2.75) is 26.7 Å². The van der Waals surface area contributed by atoms with Crippen molar-refractivity contribution in [1.82, 2.24) is 9.97 Å². The number of imidazole rings is 1. The van der Waals surface area contributed by atoms with Gasteiger partial charge in [-0.3, -0.25) is 9.59 Å². The molecule has 6 heteroatoms. The minimum absolute atomic E-state index is 0.0677. The van der Waals surface area contributed by atoms with Gasteiger partial charge in [0.05, 0.1) is 24.6 Å². The lowest BCUT2D eigenvalue weighted by atomic mass is 10.1. The van der Waals surface area contributed by atoms with Gasteiger partial charge in [-0.15, -0.1) is 0 Å². The van der Waals surface area contributed by atoms with Gasteiger partial charge < -0.3 is 15.0 Å². The van der Waals surface area contributed by atoms with E-state index in [4.69, 9.17) is 0 Å². The second-order valence-corrected chi connectivity index (χ2v) is 6.24. The number of hydrogen-bond donors (Lipinski definition) is 2. The summed E-state index contributed by atoms with van der Waals surface area (Å²) in [5, 5.41) is 2.76. The number of ether oxygens (including phenoxy) is 1. The van der Waals surface area contributed by atoms with E-state index in [9.17, 15) is 9.59 Å². The average Bonchev–Trinajstić information content (AvgIpc) is 3.03. The van der Waals surface area contributed by atoms with Gasteiger partial charge in [0.25, 0.3) is 0 Å². The fraction of sp³-hybridized carbons (Fsp3) is 0.250. The number of carbonyl (C=O) groups is 2. The van der Waals surface area contributed by atoms with Crippen LogP contribution in [-0.2, 0) is 14.3 Å². The number of H-pyrrole nitrogens is 1. The van der Waals surface area contributed by atoms with Gasteiger partial charge in [-0.1, -0.05) is 0 Å². The van der Waals surface area contributed by atoms with Crippen molar-refractivity contribution in [3.63, 3.8) is 0 Å². The quantitative estimate of drug-likeness (QED) is 0.686. The van der Waals surface area contributed by atoms with Crippen molar-refractivity contribution in [2.75, 3.05) is 12.4 Å². The lowest BCUT2D eigenvalue weighted by molar-refractivity contribution is -0.141. The summed E-state index contributed by atoms with van der Waals surface area (Å²) in [4.78, 5) is 30.9. The molecule has 0 fully saturated rings. The maximum Gasteiger partial charge on any atom is 0.306 e. The molecular weight excluding hydrogens is 330 g/mol. The highest BCUT2D eigenvalue weighted by Crippen LogP contribution is 2.24. The molecule has 0 aliphatic rings. The first-order chi connectivity index (χ1) is 12.5. The van der Waals surface area contributed by atoms with Crippen molar-refractivity contribution in [3.8, 4) is 11.4 Å². The molecule has 0 saturated carbocycles. The standard InChI is InChI=1S/C20H21N3O3/c1-12-10-16-17(11-13(12)2)23-20(22-16)14-4-6-15(7-5-14)21-18(24)8-9-19(25)26-3/h4-7,10-11H,8-9H2,1-3H3,(H,21,24)(H,22,23). The van der Waals surface area contributed by atoms with E-state index in [1.165, 1.54) is 18.2 Å². The molecule has 0 saturated heterocycles. The van der Waals surface area contributed by atoms with Crippen LogP contribution in [0.2, 0.25) is 0 Å². The minimum atomic E-state index is -0.397. The Morgan fingerprint density at radius 3 is 2.46 bits per heavy atom. The molecule has 1 heterocycles. The van der Waals surface area contributed by atoms with Crippen LogP contribution in [0, 0.1) is 13.8 Å². The van der Waals surface area contributed by atoms with Gasteiger partial charge in [0, 0.05) is 17.7 Å². The molecule has 3 aromatic rings. The average molecular weight is 351 g/mol. The molecule has 0 aliphatic carbocycles. The fourth-order valence-electron chi connectivity index (χ4n) is 2.66. The highest BCUT2D eigenvalue weighted by molar-refractivity contribution is 5.92. The van der Waals surface area contributed by atoms with Crippen LogP contribution in [0.25, 0.3) is 22.4 Å². The first kappa shape index (κ1) is 17.7. The monoisotopic (exact) mass is 351 g/mol. The van der Waals surface area contributed by atoms with Crippen LogP contribution in [0.1, 0.15) is 24.0 Å². The third-order valence-corrected chi connectivity index (χ3v) is 4.32. The number of methoxy groups -OCH3 is 1. The zero-order chi connectivity index (χ0) is 18.7. The van der Waals surface area contributed by atoms with Gasteiger partial charge in [-0.2, -0.15) is 0 Å². The molecule has 0 aliphatic heterocycles. The summed E-state index contributed by atoms with van der Waals surface area (Å²) in [5.41, 5.74) is 5.97. The maximum absolute atomic E-state index is 11.8. The molecule has 0 unspecified atom stereocenters. The number of nitrogens with zero attached hydrogens (tertiary/aromatic N) is 1. The van der Waals surface area contributed by atoms with E-state index in [2.05, 4.69) is 46.0 Å². The summed E-state index contributed by atoms with van der Waals surface area (Å²) < 4.78 is 4.53. The molecule has 2 N–H and O–H groups in total. The van der Waals surface area contributed by atoms with Crippen molar-refractivity contribution >= 4 is 28.6 Å². The van der Waals surface area contributed by atoms with Crippen LogP contribution in [-0.4, -0.2) is 29.0 Å². The Morgan fingerprint density at radius 2 is 1.77 bits per heavy atom. The van der Waals surface area contributed by atoms with E-state index in [1.807, 2.05) is 24.3 Å². The third kappa shape index (κ3) is 3.91. The van der Waals surface area contributed by atoms with Crippen LogP contribution < -0.4 is 5.32 Å². The largest absolute Gasteiger partial charge is 0.469 e. The summed E-state index contributed by atoms with van der Waals surface area (Å²) >= 11 is 0. The molecule has 1 aromatic heterocycles. The number of aryl methyl sites for hydroxylation is 2. The number of aromatic amines is 1. The number of amides is 1. The first-order valence-corrected chi connectivity index (χ1v) is 8.40. The third-order valence-electron chi connectivity index (χ3n) is 4.32. The van der Waals surface area contributed by atoms with E-state index in [0.717, 1.165) is 22.4 Å². The minimum Gasteiger partial charge on any atom is -0.469 e. The highest BCUT2D eigenvalue weighted by atomic mass is 16.5. The van der Waals surface area contributed by atoms with E-state index >= 15 is 0 Å². The number of carbonyl (C=O) groups excluding carboxylic acids is 2. The molecular formula is C20H21N3O3. The summed E-state index contributed by atoms with van der Waals surface area (Å²) in [5.74, 6) is 0.164. The van der Waals surface area contributed by atoms with Crippen molar-refractivity contribution in [1.29, 1.82) is 0 Å². The number of fused-ring (bicyclic) bond motifs is 1. The molecule has 6 nitrogen and oxygen atoms in total. The molecule has 0 spiro atoms. The SMILES string of the molecule is COC(=O)CCC(=O)Nc1ccc(-c2nc3cc(C)c(C)cc3[nH]2)cc1. The molecule has 26 heavy (non-hydrogen) atoms. The van der Waals surface area contributed by atoms with E-state index in [0.29, 0.717) is 5.69 Å². The Kier molecular flexibility index (Phi) is 5.02. The molecule has 1 amide bonds. The Balaban J connectivity index is 1.71. The normalized spacial score (nSPS) is 10.7. The molecule has 0 atom stereocenters. The van der Waals surface area contributed by atoms with Crippen LogP contribution in [0.4, 0.5) is 5.69 Å². The number of hydrogen-bond acceptors (Lipinski definition) is 4. The summed E-state index contributed by atoms with van der Waals surface area (Å²) in [6, 6.07) is 11.6. The molecule has 0 bridgehead atoms. The number of anilines is 1. The summed E-state index contributed by atoms with van der Waals surface area (Å²) in [6.07, 6.45) is 0.162. The molecule has 3 rings (SSSR count). The van der Waals surface area contributed by atoms with Crippen molar-refractivity contribution in [3.05, 3.63) is 47.5 Å². The summed E-state index contributed by atoms with van der Waals surface area (Å²) in [7, 11) is 1.31. The number of esters is 1. The second-order valence-electron chi connectivity index (χ2n) is 6.24. The van der Waals surface area contributed by atoms with Crippen LogP contribution in [0.15, 0.2) is 36.4 Å². The number of rotatable bonds is 5. The Bertz CT molecular complexity index is 919. The van der Waals surface area contributed by atoms with Gasteiger partial charge in [0.2, 0.25) is 5.91 Å². The number of aromatic nitrogens is 2. The van der Waals surface area contributed by atoms with Crippen LogP contribution in [0.3, 0.4) is 0 Å². The van der Waals surface area contributed by atoms with E-state index in [-0.39, 0.29) is 18.7 Å². The first-order valence-electron chi connectivity index (χ1n) is 8.40. The highest BCUT2D eigenvalue weighted by Gasteiger charge is 2.09. The van der Waals surface area contributed by atoms with Crippen molar-refractivity contribution < 1.29 is 14.3 Å². The Hall–Kier alpha value is -3.15. The zero-order valence-corrected chi connectivity index (χ0v) is 15.1. The Labute approximate surface area is 151 Å².